The highest BCUT2D eigenvalue weighted by Crippen LogP contribution is 2.40. The van der Waals surface area contributed by atoms with Crippen LogP contribution < -0.4 is 5.32 Å². The van der Waals surface area contributed by atoms with Crippen molar-refractivity contribution in [3.8, 4) is 0 Å². The van der Waals surface area contributed by atoms with Gasteiger partial charge in [0.2, 0.25) is 0 Å². The Kier molecular flexibility index (Phi) is 3.69. The van der Waals surface area contributed by atoms with Gasteiger partial charge < -0.3 is 10.1 Å². The second-order valence-electron chi connectivity index (χ2n) is 5.08. The second kappa shape index (κ2) is 5.45. The molecule has 2 atom stereocenters. The van der Waals surface area contributed by atoms with Crippen LogP contribution in [-0.2, 0) is 4.74 Å². The molecule has 0 spiro atoms. The molecule has 3 rings (SSSR count). The number of nitrogens with one attached hydrogen (secondary N) is 1. The van der Waals surface area contributed by atoms with Crippen molar-refractivity contribution in [2.45, 2.75) is 18.9 Å². The summed E-state index contributed by atoms with van der Waals surface area (Å²) in [6, 6.07) is 11.0. The first kappa shape index (κ1) is 12.9. The van der Waals surface area contributed by atoms with Crippen molar-refractivity contribution in [2.24, 2.45) is 0 Å². The van der Waals surface area contributed by atoms with Crippen LogP contribution >= 0.6 is 11.3 Å². The lowest BCUT2D eigenvalue weighted by molar-refractivity contribution is 0.0367. The number of hydrogen-bond donors (Lipinski definition) is 1. The number of fused-ring (bicyclic) bond motifs is 1. The van der Waals surface area contributed by atoms with Gasteiger partial charge in [-0.3, -0.25) is 0 Å². The Labute approximate surface area is 118 Å². The van der Waals surface area contributed by atoms with E-state index in [-0.39, 0.29) is 6.10 Å². The van der Waals surface area contributed by atoms with E-state index in [0.29, 0.717) is 5.92 Å². The topological polar surface area (TPSA) is 21.3 Å². The van der Waals surface area contributed by atoms with E-state index in [4.69, 9.17) is 4.74 Å². The van der Waals surface area contributed by atoms with Gasteiger partial charge in [0, 0.05) is 17.3 Å². The summed E-state index contributed by atoms with van der Waals surface area (Å²) in [5, 5.41) is 5.39. The van der Waals surface area contributed by atoms with Crippen molar-refractivity contribution in [2.75, 3.05) is 20.2 Å². The molecule has 1 aromatic carbocycles. The van der Waals surface area contributed by atoms with E-state index >= 15 is 0 Å². The van der Waals surface area contributed by atoms with Crippen LogP contribution in [0.5, 0.6) is 0 Å². The predicted octanol–water partition coefficient (Wildman–Crippen LogP) is 3.48. The second-order valence-corrected chi connectivity index (χ2v) is 6.03. The average molecular weight is 273 g/mol. The highest BCUT2D eigenvalue weighted by molar-refractivity contribution is 7.10. The van der Waals surface area contributed by atoms with E-state index in [0.717, 1.165) is 13.2 Å². The van der Waals surface area contributed by atoms with Crippen molar-refractivity contribution in [3.63, 3.8) is 0 Å². The van der Waals surface area contributed by atoms with Crippen LogP contribution in [0.25, 0.3) is 0 Å². The lowest BCUT2D eigenvalue weighted by atomic mass is 9.91. The van der Waals surface area contributed by atoms with E-state index in [2.05, 4.69) is 48.0 Å². The Morgan fingerprint density at radius 2 is 2.05 bits per heavy atom. The molecule has 0 radical (unpaired) electrons. The Bertz CT molecular complexity index is 546. The largest absolute Gasteiger partial charge is 0.371 e. The summed E-state index contributed by atoms with van der Waals surface area (Å²) in [6.45, 7) is 3.79. The van der Waals surface area contributed by atoms with E-state index in [1.807, 2.05) is 18.4 Å². The highest BCUT2D eigenvalue weighted by atomic mass is 32.1. The van der Waals surface area contributed by atoms with E-state index in [1.165, 1.54) is 21.6 Å². The van der Waals surface area contributed by atoms with Gasteiger partial charge in [-0.15, -0.1) is 11.3 Å². The first-order valence-corrected chi connectivity index (χ1v) is 7.57. The Morgan fingerprint density at radius 1 is 1.26 bits per heavy atom. The molecule has 0 bridgehead atoms. The molecule has 0 saturated carbocycles. The zero-order valence-corrected chi connectivity index (χ0v) is 12.2. The molecule has 1 aliphatic rings. The molecule has 1 N–H and O–H groups in total. The zero-order valence-electron chi connectivity index (χ0n) is 11.3. The van der Waals surface area contributed by atoms with Gasteiger partial charge in [0.15, 0.2) is 0 Å². The fourth-order valence-corrected chi connectivity index (χ4v) is 3.72. The fraction of sp³-hybridized carbons (Fsp3) is 0.375. The minimum atomic E-state index is 0.202. The third-order valence-electron chi connectivity index (χ3n) is 3.72. The number of ether oxygens (including phenoxy) is 1. The maximum Gasteiger partial charge on any atom is 0.0960 e. The molecule has 1 aliphatic heterocycles. The SMILES string of the molecule is CNCC1OCC(c2ccc(C)cc2)c2sccc21. The van der Waals surface area contributed by atoms with Crippen molar-refractivity contribution in [1.29, 1.82) is 0 Å². The highest BCUT2D eigenvalue weighted by Gasteiger charge is 2.29. The van der Waals surface area contributed by atoms with Crippen LogP contribution in [0.1, 0.15) is 33.6 Å². The van der Waals surface area contributed by atoms with E-state index < -0.39 is 0 Å². The summed E-state index contributed by atoms with van der Waals surface area (Å²) in [6.07, 6.45) is 0.202. The number of rotatable bonds is 3. The first-order valence-electron chi connectivity index (χ1n) is 6.69. The van der Waals surface area contributed by atoms with Crippen LogP contribution in [0.4, 0.5) is 0 Å². The molecule has 0 fully saturated rings. The number of benzene rings is 1. The molecule has 0 aliphatic carbocycles. The average Bonchev–Trinajstić information content (AvgIpc) is 2.90. The molecule has 0 saturated heterocycles. The van der Waals surface area contributed by atoms with Crippen LogP contribution in [0, 0.1) is 6.92 Å². The third-order valence-corrected chi connectivity index (χ3v) is 4.77. The minimum absolute atomic E-state index is 0.202. The summed E-state index contributed by atoms with van der Waals surface area (Å²) in [4.78, 5) is 1.47. The summed E-state index contributed by atoms with van der Waals surface area (Å²) in [5.41, 5.74) is 4.02. The van der Waals surface area contributed by atoms with Crippen LogP contribution in [-0.4, -0.2) is 20.2 Å². The first-order chi connectivity index (χ1) is 9.29. The Hall–Kier alpha value is -1.16. The van der Waals surface area contributed by atoms with E-state index in [9.17, 15) is 0 Å². The number of likely N-dealkylation sites (N-methyl/N-ethyl adjacent to an activating group) is 1. The van der Waals surface area contributed by atoms with Gasteiger partial charge >= 0.3 is 0 Å². The van der Waals surface area contributed by atoms with Gasteiger partial charge in [-0.05, 0) is 36.5 Å². The monoisotopic (exact) mass is 273 g/mol. The maximum absolute atomic E-state index is 6.04. The number of hydrogen-bond acceptors (Lipinski definition) is 3. The van der Waals surface area contributed by atoms with Gasteiger partial charge in [0.1, 0.15) is 0 Å². The van der Waals surface area contributed by atoms with Crippen molar-refractivity contribution >= 4 is 11.3 Å². The van der Waals surface area contributed by atoms with E-state index in [1.54, 1.807) is 0 Å². The predicted molar refractivity (Wildman–Crippen MR) is 80.0 cm³/mol. The molecular weight excluding hydrogens is 254 g/mol. The van der Waals surface area contributed by atoms with Gasteiger partial charge in [-0.25, -0.2) is 0 Å². The van der Waals surface area contributed by atoms with Gasteiger partial charge in [0.25, 0.3) is 0 Å². The minimum Gasteiger partial charge on any atom is -0.371 e. The molecule has 2 aromatic rings. The Morgan fingerprint density at radius 3 is 2.79 bits per heavy atom. The summed E-state index contributed by atoms with van der Waals surface area (Å²) < 4.78 is 6.04. The van der Waals surface area contributed by atoms with Crippen molar-refractivity contribution < 1.29 is 4.74 Å². The summed E-state index contributed by atoms with van der Waals surface area (Å²) in [5.74, 6) is 0.392. The third kappa shape index (κ3) is 2.46. The molecule has 0 amide bonds. The molecule has 3 heteroatoms. The van der Waals surface area contributed by atoms with Crippen molar-refractivity contribution in [3.05, 3.63) is 57.3 Å². The fourth-order valence-electron chi connectivity index (χ4n) is 2.66. The summed E-state index contributed by atoms with van der Waals surface area (Å²) >= 11 is 1.85. The molecule has 100 valence electrons. The lowest BCUT2D eigenvalue weighted by Crippen LogP contribution is -2.27. The standard InChI is InChI=1S/C16H19NOS/c1-11-3-5-12(6-4-11)14-10-18-15(9-17-2)13-7-8-19-16(13)14/h3-8,14-15,17H,9-10H2,1-2H3. The smallest absolute Gasteiger partial charge is 0.0960 e. The molecule has 19 heavy (non-hydrogen) atoms. The number of aryl methyl sites for hydroxylation is 1. The summed E-state index contributed by atoms with van der Waals surface area (Å²) in [7, 11) is 1.97. The van der Waals surface area contributed by atoms with Gasteiger partial charge in [0.05, 0.1) is 12.7 Å². The van der Waals surface area contributed by atoms with Crippen LogP contribution in [0.3, 0.4) is 0 Å². The maximum atomic E-state index is 6.04. The normalized spacial score (nSPS) is 22.2. The van der Waals surface area contributed by atoms with Crippen LogP contribution in [0.15, 0.2) is 35.7 Å². The molecule has 2 nitrogen and oxygen atoms in total. The molecule has 1 aromatic heterocycles. The lowest BCUT2D eigenvalue weighted by Gasteiger charge is -2.29. The zero-order chi connectivity index (χ0) is 13.2. The quantitative estimate of drug-likeness (QED) is 0.924. The number of thiophene rings is 1. The Balaban J connectivity index is 1.93. The van der Waals surface area contributed by atoms with Crippen molar-refractivity contribution in [1.82, 2.24) is 5.32 Å². The molecule has 2 unspecified atom stereocenters. The molecule has 2 heterocycles. The molecular formula is C16H19NOS. The van der Waals surface area contributed by atoms with Crippen LogP contribution in [0.2, 0.25) is 0 Å². The van der Waals surface area contributed by atoms with Gasteiger partial charge in [-0.1, -0.05) is 29.8 Å². The van der Waals surface area contributed by atoms with Gasteiger partial charge in [-0.2, -0.15) is 0 Å².